The van der Waals surface area contributed by atoms with Crippen LogP contribution >= 0.6 is 0 Å². The molecule has 1 atom stereocenters. The Labute approximate surface area is 330 Å². The number of allylic oxidation sites excluding steroid dienone is 16. The van der Waals surface area contributed by atoms with E-state index in [0.29, 0.717) is 19.3 Å². The Hall–Kier alpha value is -3.67. The Kier molecular flexibility index (Phi) is 39.2. The van der Waals surface area contributed by atoms with E-state index >= 15 is 0 Å². The van der Waals surface area contributed by atoms with Crippen LogP contribution in [0.2, 0.25) is 0 Å². The predicted molar refractivity (Wildman–Crippen MR) is 228 cm³/mol. The summed E-state index contributed by atoms with van der Waals surface area (Å²) in [5, 5.41) is 0. The summed E-state index contributed by atoms with van der Waals surface area (Å²) in [5.41, 5.74) is 0. The van der Waals surface area contributed by atoms with E-state index in [-0.39, 0.29) is 37.5 Å². The number of carbonyl (C=O) groups is 3. The van der Waals surface area contributed by atoms with Gasteiger partial charge in [0, 0.05) is 19.3 Å². The second-order valence-electron chi connectivity index (χ2n) is 13.7. The summed E-state index contributed by atoms with van der Waals surface area (Å²) in [5.74, 6) is -1.04. The van der Waals surface area contributed by atoms with Crippen LogP contribution in [0, 0.1) is 0 Å². The van der Waals surface area contributed by atoms with Gasteiger partial charge in [0.1, 0.15) is 13.2 Å². The van der Waals surface area contributed by atoms with Crippen molar-refractivity contribution in [1.82, 2.24) is 0 Å². The molecule has 0 amide bonds. The molecule has 0 rings (SSSR count). The van der Waals surface area contributed by atoms with E-state index in [1.54, 1.807) is 0 Å². The number of hydrogen-bond acceptors (Lipinski definition) is 6. The van der Waals surface area contributed by atoms with Crippen molar-refractivity contribution in [3.8, 4) is 0 Å². The maximum atomic E-state index is 12.7. The van der Waals surface area contributed by atoms with E-state index in [9.17, 15) is 14.4 Å². The Bertz CT molecular complexity index is 1140. The lowest BCUT2D eigenvalue weighted by atomic mass is 10.1. The van der Waals surface area contributed by atoms with Gasteiger partial charge in [-0.25, -0.2) is 0 Å². The van der Waals surface area contributed by atoms with Crippen molar-refractivity contribution in [3.05, 3.63) is 97.2 Å². The van der Waals surface area contributed by atoms with Gasteiger partial charge in [0.25, 0.3) is 0 Å². The molecule has 304 valence electrons. The SMILES string of the molecule is CC\C=C/C=C\C=C/C=C\C=C/CCCC(=O)OCC(COC(=O)CCCCC/C=C\C=C/CCCC)OC(=O)CCCCCCC/C=C\CCCCC. The van der Waals surface area contributed by atoms with Crippen LogP contribution in [0.5, 0.6) is 0 Å². The highest BCUT2D eigenvalue weighted by atomic mass is 16.6. The smallest absolute Gasteiger partial charge is 0.306 e. The zero-order chi connectivity index (χ0) is 39.4. The molecule has 6 nitrogen and oxygen atoms in total. The Morgan fingerprint density at radius 2 is 0.778 bits per heavy atom. The van der Waals surface area contributed by atoms with Crippen LogP contribution in [-0.2, 0) is 28.6 Å². The molecule has 0 aliphatic rings. The standard InChI is InChI=1S/C48H76O6/c1-4-7-10-13-16-19-22-24-27-29-32-35-38-41-47(50)53-44-45(43-52-46(49)40-37-34-31-28-25-21-18-15-12-9-6-3)54-48(51)42-39-36-33-30-26-23-20-17-14-11-8-5-2/h7,10,13,15-22,24-25,27,29,32,45H,4-6,8-9,11-12,14,23,26,28,30-31,33-44H2,1-3H3/b10-7-,16-13-,18-15-,20-17-,22-19-,25-21-,27-24-,32-29-. The normalized spacial score (nSPS) is 13.0. The molecule has 0 spiro atoms. The van der Waals surface area contributed by atoms with Crippen molar-refractivity contribution in [2.24, 2.45) is 0 Å². The zero-order valence-electron chi connectivity index (χ0n) is 34.4. The van der Waals surface area contributed by atoms with Crippen molar-refractivity contribution in [2.45, 2.75) is 175 Å². The third-order valence-corrected chi connectivity index (χ3v) is 8.45. The number of rotatable bonds is 36. The fourth-order valence-corrected chi connectivity index (χ4v) is 5.21. The van der Waals surface area contributed by atoms with Crippen molar-refractivity contribution < 1.29 is 28.6 Å². The molecule has 0 saturated heterocycles. The Morgan fingerprint density at radius 3 is 1.35 bits per heavy atom. The van der Waals surface area contributed by atoms with Gasteiger partial charge in [0.2, 0.25) is 0 Å². The summed E-state index contributed by atoms with van der Waals surface area (Å²) in [7, 11) is 0. The van der Waals surface area contributed by atoms with Crippen LogP contribution in [0.4, 0.5) is 0 Å². The summed E-state index contributed by atoms with van der Waals surface area (Å²) in [6.07, 6.45) is 54.0. The molecule has 0 aliphatic carbocycles. The molecular formula is C48H76O6. The quantitative estimate of drug-likeness (QED) is 0.0209. The van der Waals surface area contributed by atoms with E-state index in [1.807, 2.05) is 54.7 Å². The molecule has 0 aromatic rings. The van der Waals surface area contributed by atoms with Crippen molar-refractivity contribution in [3.63, 3.8) is 0 Å². The summed E-state index contributed by atoms with van der Waals surface area (Å²) in [4.78, 5) is 37.6. The molecule has 0 aromatic carbocycles. The fraction of sp³-hybridized carbons (Fsp3) is 0.604. The molecular weight excluding hydrogens is 673 g/mol. The molecule has 0 radical (unpaired) electrons. The molecule has 54 heavy (non-hydrogen) atoms. The highest BCUT2D eigenvalue weighted by molar-refractivity contribution is 5.71. The first kappa shape index (κ1) is 50.3. The van der Waals surface area contributed by atoms with Crippen LogP contribution in [0.1, 0.15) is 168 Å². The average molecular weight is 749 g/mol. The van der Waals surface area contributed by atoms with E-state index in [4.69, 9.17) is 14.2 Å². The van der Waals surface area contributed by atoms with Gasteiger partial charge in [-0.3, -0.25) is 14.4 Å². The molecule has 0 heterocycles. The largest absolute Gasteiger partial charge is 0.462 e. The van der Waals surface area contributed by atoms with Crippen LogP contribution < -0.4 is 0 Å². The number of hydrogen-bond donors (Lipinski definition) is 0. The molecule has 0 N–H and O–H groups in total. The highest BCUT2D eigenvalue weighted by Gasteiger charge is 2.19. The van der Waals surface area contributed by atoms with Gasteiger partial charge >= 0.3 is 17.9 Å². The van der Waals surface area contributed by atoms with Crippen LogP contribution in [0.3, 0.4) is 0 Å². The lowest BCUT2D eigenvalue weighted by molar-refractivity contribution is -0.167. The molecule has 0 saturated carbocycles. The lowest BCUT2D eigenvalue weighted by Crippen LogP contribution is -2.30. The predicted octanol–water partition coefficient (Wildman–Crippen LogP) is 13.5. The lowest BCUT2D eigenvalue weighted by Gasteiger charge is -2.18. The molecule has 0 fully saturated rings. The van der Waals surface area contributed by atoms with Gasteiger partial charge in [-0.2, -0.15) is 0 Å². The van der Waals surface area contributed by atoms with Crippen molar-refractivity contribution >= 4 is 17.9 Å². The second-order valence-corrected chi connectivity index (χ2v) is 13.7. The maximum Gasteiger partial charge on any atom is 0.306 e. The summed E-state index contributed by atoms with van der Waals surface area (Å²) in [6, 6.07) is 0. The van der Waals surface area contributed by atoms with Gasteiger partial charge in [-0.15, -0.1) is 0 Å². The Morgan fingerprint density at radius 1 is 0.389 bits per heavy atom. The van der Waals surface area contributed by atoms with Crippen molar-refractivity contribution in [2.75, 3.05) is 13.2 Å². The van der Waals surface area contributed by atoms with E-state index < -0.39 is 6.10 Å². The van der Waals surface area contributed by atoms with Crippen molar-refractivity contribution in [1.29, 1.82) is 0 Å². The first-order chi connectivity index (χ1) is 26.5. The molecule has 6 heteroatoms. The topological polar surface area (TPSA) is 78.9 Å². The summed E-state index contributed by atoms with van der Waals surface area (Å²) < 4.78 is 16.6. The minimum atomic E-state index is -0.819. The minimum absolute atomic E-state index is 0.119. The number of carbonyl (C=O) groups excluding carboxylic acids is 3. The van der Waals surface area contributed by atoms with Gasteiger partial charge < -0.3 is 14.2 Å². The molecule has 1 unspecified atom stereocenters. The van der Waals surface area contributed by atoms with Gasteiger partial charge in [0.15, 0.2) is 6.10 Å². The van der Waals surface area contributed by atoms with Crippen LogP contribution in [-0.4, -0.2) is 37.2 Å². The number of esters is 3. The summed E-state index contributed by atoms with van der Waals surface area (Å²) >= 11 is 0. The maximum absolute atomic E-state index is 12.7. The third kappa shape index (κ3) is 39.5. The highest BCUT2D eigenvalue weighted by Crippen LogP contribution is 2.11. The average Bonchev–Trinajstić information content (AvgIpc) is 3.17. The number of ether oxygens (including phenoxy) is 3. The van der Waals surface area contributed by atoms with E-state index in [0.717, 1.165) is 77.0 Å². The molecule has 0 aromatic heterocycles. The molecule has 0 bridgehead atoms. The zero-order valence-corrected chi connectivity index (χ0v) is 34.4. The van der Waals surface area contributed by atoms with E-state index in [2.05, 4.69) is 63.3 Å². The van der Waals surface area contributed by atoms with E-state index in [1.165, 1.54) is 44.9 Å². The number of unbranched alkanes of at least 4 members (excludes halogenated alkanes) is 14. The van der Waals surface area contributed by atoms with Crippen LogP contribution in [0.15, 0.2) is 97.2 Å². The van der Waals surface area contributed by atoms with Gasteiger partial charge in [-0.05, 0) is 77.0 Å². The first-order valence-corrected chi connectivity index (χ1v) is 21.3. The second kappa shape index (κ2) is 42.1. The monoisotopic (exact) mass is 749 g/mol. The fourth-order valence-electron chi connectivity index (χ4n) is 5.21. The minimum Gasteiger partial charge on any atom is -0.462 e. The summed E-state index contributed by atoms with van der Waals surface area (Å²) in [6.45, 7) is 6.28. The van der Waals surface area contributed by atoms with Crippen LogP contribution in [0.25, 0.3) is 0 Å². The third-order valence-electron chi connectivity index (χ3n) is 8.45. The molecule has 0 aliphatic heterocycles. The van der Waals surface area contributed by atoms with Gasteiger partial charge in [0.05, 0.1) is 0 Å². The first-order valence-electron chi connectivity index (χ1n) is 21.3. The van der Waals surface area contributed by atoms with Gasteiger partial charge in [-0.1, -0.05) is 169 Å². The Balaban J connectivity index is 4.58.